The van der Waals surface area contributed by atoms with Crippen molar-refractivity contribution in [3.8, 4) is 0 Å². The molecule has 1 aliphatic heterocycles. The second-order valence-electron chi connectivity index (χ2n) is 11.1. The molecular weight excluding hydrogens is 454 g/mol. The lowest BCUT2D eigenvalue weighted by atomic mass is 9.91. The second kappa shape index (κ2) is 8.70. The Morgan fingerprint density at radius 3 is 2.06 bits per heavy atom. The molecular formula is C26H39NO2S3. The Kier molecular flexibility index (Phi) is 6.98. The highest BCUT2D eigenvalue weighted by Gasteiger charge is 2.55. The topological polar surface area (TPSA) is 29.5 Å². The summed E-state index contributed by atoms with van der Waals surface area (Å²) in [5.41, 5.74) is 1.49. The highest BCUT2D eigenvalue weighted by molar-refractivity contribution is 8.65. The van der Waals surface area contributed by atoms with Gasteiger partial charge in [0.05, 0.1) is 18.8 Å². The van der Waals surface area contributed by atoms with E-state index in [9.17, 15) is 4.79 Å². The van der Waals surface area contributed by atoms with Gasteiger partial charge < -0.3 is 4.74 Å². The Hall–Kier alpha value is -0.920. The molecule has 0 radical (unpaired) electrons. The quantitative estimate of drug-likeness (QED) is 0.367. The Morgan fingerprint density at radius 2 is 1.56 bits per heavy atom. The van der Waals surface area contributed by atoms with E-state index in [2.05, 4.69) is 66.1 Å². The van der Waals surface area contributed by atoms with Crippen molar-refractivity contribution >= 4 is 39.3 Å². The summed E-state index contributed by atoms with van der Waals surface area (Å²) in [5, 5.41) is 0.982. The van der Waals surface area contributed by atoms with E-state index in [1.165, 1.54) is 10.5 Å². The molecule has 178 valence electrons. The van der Waals surface area contributed by atoms with Gasteiger partial charge in [0.25, 0.3) is 0 Å². The molecule has 32 heavy (non-hydrogen) atoms. The van der Waals surface area contributed by atoms with E-state index in [4.69, 9.17) is 30.0 Å². The molecule has 6 heteroatoms. The van der Waals surface area contributed by atoms with Crippen LogP contribution in [0.15, 0.2) is 59.5 Å². The van der Waals surface area contributed by atoms with Crippen LogP contribution >= 0.6 is 33.6 Å². The van der Waals surface area contributed by atoms with Crippen molar-refractivity contribution < 1.29 is 9.53 Å². The predicted octanol–water partition coefficient (Wildman–Crippen LogP) is 5.66. The first-order chi connectivity index (χ1) is 14.9. The maximum Gasteiger partial charge on any atom is 0.182 e. The highest BCUT2D eigenvalue weighted by Crippen LogP contribution is 2.94. The molecule has 1 aliphatic rings. The molecule has 1 saturated heterocycles. The number of benzene rings is 2. The Bertz CT molecular complexity index is 955. The van der Waals surface area contributed by atoms with Crippen molar-refractivity contribution in [3.05, 3.63) is 65.7 Å². The molecule has 0 spiro atoms. The van der Waals surface area contributed by atoms with Crippen LogP contribution in [0.25, 0.3) is 0 Å². The Labute approximate surface area is 204 Å². The van der Waals surface area contributed by atoms with Crippen LogP contribution in [0, 0.1) is 0 Å². The SMILES string of the molecule is CC(C)(C(=O)c1ccc(S(C)(C)(C)(CS)C(CS)c2ccccc2)cc1)N1CCOCC1. The summed E-state index contributed by atoms with van der Waals surface area (Å²) in [6.07, 6.45) is 7.19. The number of hydrogen-bond donors (Lipinski definition) is 2. The first-order valence-electron chi connectivity index (χ1n) is 11.2. The third-order valence-corrected chi connectivity index (χ3v) is 17.5. The van der Waals surface area contributed by atoms with E-state index < -0.39 is 13.8 Å². The molecule has 3 nitrogen and oxygen atoms in total. The number of carbonyl (C=O) groups is 1. The molecule has 0 amide bonds. The average Bonchev–Trinajstić information content (AvgIpc) is 2.80. The van der Waals surface area contributed by atoms with Crippen molar-refractivity contribution in [2.45, 2.75) is 29.5 Å². The molecule has 1 unspecified atom stereocenters. The largest absolute Gasteiger partial charge is 0.379 e. The molecule has 0 aliphatic carbocycles. The van der Waals surface area contributed by atoms with Crippen LogP contribution in [0.4, 0.5) is 0 Å². The summed E-state index contributed by atoms with van der Waals surface area (Å²) < 4.78 is 5.47. The van der Waals surface area contributed by atoms with E-state index in [0.29, 0.717) is 13.2 Å². The fourth-order valence-corrected chi connectivity index (χ4v) is 11.8. The van der Waals surface area contributed by atoms with Crippen LogP contribution in [-0.4, -0.2) is 72.1 Å². The number of Topliss-reactive ketones (excluding diaryl/α,β-unsaturated/α-hetero) is 1. The summed E-state index contributed by atoms with van der Waals surface area (Å²) in [4.78, 5) is 17.0. The van der Waals surface area contributed by atoms with Crippen molar-refractivity contribution in [2.75, 3.05) is 55.9 Å². The lowest BCUT2D eigenvalue weighted by Gasteiger charge is -2.76. The molecule has 1 fully saturated rings. The number of hydrogen-bond acceptors (Lipinski definition) is 5. The summed E-state index contributed by atoms with van der Waals surface area (Å²) in [5.74, 6) is 0.891. The number of ether oxygens (including phenoxy) is 1. The van der Waals surface area contributed by atoms with E-state index in [1.54, 1.807) is 0 Å². The van der Waals surface area contributed by atoms with Crippen LogP contribution in [0.3, 0.4) is 0 Å². The Balaban J connectivity index is 2.00. The zero-order valence-electron chi connectivity index (χ0n) is 20.1. The lowest BCUT2D eigenvalue weighted by molar-refractivity contribution is -0.00430. The summed E-state index contributed by atoms with van der Waals surface area (Å²) in [6, 6.07) is 19.0. The van der Waals surface area contributed by atoms with Gasteiger partial charge in [-0.05, 0) is 43.1 Å². The van der Waals surface area contributed by atoms with Gasteiger partial charge in [0.15, 0.2) is 5.78 Å². The number of morpholine rings is 1. The number of thiol groups is 2. The maximum atomic E-state index is 13.5. The minimum atomic E-state index is -2.92. The van der Waals surface area contributed by atoms with Crippen LogP contribution in [0.2, 0.25) is 0 Å². The molecule has 0 N–H and O–H groups in total. The smallest absolute Gasteiger partial charge is 0.182 e. The highest BCUT2D eigenvalue weighted by atomic mass is 32.4. The predicted molar refractivity (Wildman–Crippen MR) is 148 cm³/mol. The second-order valence-corrected chi connectivity index (χ2v) is 21.2. The maximum absolute atomic E-state index is 13.5. The van der Waals surface area contributed by atoms with Gasteiger partial charge >= 0.3 is 0 Å². The van der Waals surface area contributed by atoms with Crippen molar-refractivity contribution in [1.82, 2.24) is 4.90 Å². The molecule has 1 atom stereocenters. The van der Waals surface area contributed by atoms with Crippen LogP contribution in [-0.2, 0) is 4.74 Å². The summed E-state index contributed by atoms with van der Waals surface area (Å²) in [6.45, 7) is 6.97. The third kappa shape index (κ3) is 4.41. The zero-order valence-corrected chi connectivity index (χ0v) is 22.7. The fraction of sp³-hybridized carbons (Fsp3) is 0.500. The molecule has 0 bridgehead atoms. The Morgan fingerprint density at radius 1 is 1.00 bits per heavy atom. The van der Waals surface area contributed by atoms with Gasteiger partial charge in [0.2, 0.25) is 0 Å². The molecule has 1 heterocycles. The van der Waals surface area contributed by atoms with Gasteiger partial charge in [-0.25, -0.2) is 8.29 Å². The molecule has 0 saturated carbocycles. The molecule has 2 aromatic rings. The van der Waals surface area contributed by atoms with Crippen LogP contribution in [0.1, 0.15) is 35.0 Å². The third-order valence-electron chi connectivity index (χ3n) is 7.54. The van der Waals surface area contributed by atoms with Crippen molar-refractivity contribution in [2.24, 2.45) is 0 Å². The van der Waals surface area contributed by atoms with E-state index in [-0.39, 0.29) is 11.0 Å². The van der Waals surface area contributed by atoms with Crippen molar-refractivity contribution in [1.29, 1.82) is 0 Å². The first-order valence-corrected chi connectivity index (χ1v) is 16.3. The normalized spacial score (nSPS) is 19.1. The van der Waals surface area contributed by atoms with Gasteiger partial charge in [-0.2, -0.15) is 25.3 Å². The average molecular weight is 494 g/mol. The summed E-state index contributed by atoms with van der Waals surface area (Å²) >= 11 is 9.75. The van der Waals surface area contributed by atoms with Crippen LogP contribution < -0.4 is 0 Å². The van der Waals surface area contributed by atoms with Gasteiger partial charge in [0, 0.05) is 34.7 Å². The first kappa shape index (κ1) is 25.7. The van der Waals surface area contributed by atoms with Gasteiger partial charge in [0.1, 0.15) is 0 Å². The van der Waals surface area contributed by atoms with Gasteiger partial charge in [-0.15, -0.1) is 0 Å². The standard InChI is InChI=1S/C26H39NO2S3/c1-26(2,27-15-17-29-18-16-27)25(28)22-11-13-23(14-12-22)32(3,4,5,20-31)24(19-30)21-9-7-6-8-10-21/h6-14,24,30-31H,15-20H2,1-5H3. The van der Waals surface area contributed by atoms with Crippen molar-refractivity contribution in [3.63, 3.8) is 0 Å². The zero-order chi connectivity index (χ0) is 23.7. The lowest BCUT2D eigenvalue weighted by Crippen LogP contribution is -2.54. The van der Waals surface area contributed by atoms with E-state index in [1.807, 2.05) is 26.0 Å². The number of rotatable bonds is 8. The number of nitrogens with zero attached hydrogens (tertiary/aromatic N) is 1. The number of carbonyl (C=O) groups excluding carboxylic acids is 1. The van der Waals surface area contributed by atoms with Gasteiger partial charge in [-0.1, -0.05) is 54.6 Å². The minimum absolute atomic E-state index is 0.154. The minimum Gasteiger partial charge on any atom is -0.379 e. The molecule has 2 aromatic carbocycles. The monoisotopic (exact) mass is 493 g/mol. The molecule has 3 rings (SSSR count). The molecule has 0 aromatic heterocycles. The van der Waals surface area contributed by atoms with Gasteiger partial charge in [-0.3, -0.25) is 9.69 Å². The van der Waals surface area contributed by atoms with E-state index >= 15 is 0 Å². The van der Waals surface area contributed by atoms with E-state index in [0.717, 1.165) is 29.5 Å². The van der Waals surface area contributed by atoms with Crippen LogP contribution in [0.5, 0.6) is 0 Å². The fourth-order valence-electron chi connectivity index (χ4n) is 4.80. The summed E-state index contributed by atoms with van der Waals surface area (Å²) in [7, 11) is -2.92. The number of ketones is 1.